The van der Waals surface area contributed by atoms with E-state index in [2.05, 4.69) is 5.32 Å². The molecule has 86 valence electrons. The van der Waals surface area contributed by atoms with Crippen LogP contribution < -0.4 is 5.32 Å². The van der Waals surface area contributed by atoms with Crippen LogP contribution in [0.15, 0.2) is 24.3 Å². The van der Waals surface area contributed by atoms with E-state index in [1.807, 2.05) is 12.1 Å². The number of phenolic OH excluding ortho intramolecular Hbond substituents is 1. The van der Waals surface area contributed by atoms with E-state index in [0.717, 1.165) is 18.5 Å². The maximum atomic E-state index is 10.8. The van der Waals surface area contributed by atoms with Crippen molar-refractivity contribution >= 4 is 5.97 Å². The highest BCUT2D eigenvalue weighted by Gasteiger charge is 2.28. The van der Waals surface area contributed by atoms with Crippen LogP contribution in [-0.4, -0.2) is 28.8 Å². The van der Waals surface area contributed by atoms with Crippen LogP contribution in [0.1, 0.15) is 12.0 Å². The van der Waals surface area contributed by atoms with E-state index < -0.39 is 12.0 Å². The molecule has 0 spiro atoms. The summed E-state index contributed by atoms with van der Waals surface area (Å²) in [4.78, 5) is 10.8. The zero-order chi connectivity index (χ0) is 11.5. The molecule has 1 saturated heterocycles. The molecule has 1 aromatic carbocycles. The fraction of sp³-hybridized carbons (Fsp3) is 0.417. The van der Waals surface area contributed by atoms with Crippen molar-refractivity contribution in [1.29, 1.82) is 0 Å². The molecule has 2 rings (SSSR count). The molecule has 0 amide bonds. The highest BCUT2D eigenvalue weighted by atomic mass is 16.4. The molecule has 2 atom stereocenters. The highest BCUT2D eigenvalue weighted by Crippen LogP contribution is 2.21. The third-order valence-corrected chi connectivity index (χ3v) is 2.95. The molecule has 1 aliphatic heterocycles. The van der Waals surface area contributed by atoms with Crippen molar-refractivity contribution in [2.24, 2.45) is 5.92 Å². The number of carboxylic acid groups (broad SMARTS) is 1. The van der Waals surface area contributed by atoms with Crippen molar-refractivity contribution in [3.05, 3.63) is 29.8 Å². The lowest BCUT2D eigenvalue weighted by molar-refractivity contribution is -0.139. The Balaban J connectivity index is 1.94. The van der Waals surface area contributed by atoms with Gasteiger partial charge in [0.25, 0.3) is 0 Å². The number of benzene rings is 1. The summed E-state index contributed by atoms with van der Waals surface area (Å²) in [5.41, 5.74) is 1.05. The van der Waals surface area contributed by atoms with Crippen molar-refractivity contribution in [3.8, 4) is 5.75 Å². The normalized spacial score (nSPS) is 24.5. The van der Waals surface area contributed by atoms with Crippen LogP contribution in [-0.2, 0) is 11.2 Å². The smallest absolute Gasteiger partial charge is 0.320 e. The summed E-state index contributed by atoms with van der Waals surface area (Å²) < 4.78 is 0. The molecule has 0 aliphatic carbocycles. The Morgan fingerprint density at radius 1 is 1.50 bits per heavy atom. The van der Waals surface area contributed by atoms with Crippen molar-refractivity contribution < 1.29 is 15.0 Å². The lowest BCUT2D eigenvalue weighted by Crippen LogP contribution is -2.29. The van der Waals surface area contributed by atoms with Gasteiger partial charge >= 0.3 is 5.97 Å². The van der Waals surface area contributed by atoms with Crippen molar-refractivity contribution in [3.63, 3.8) is 0 Å². The maximum Gasteiger partial charge on any atom is 0.320 e. The Hall–Kier alpha value is -1.55. The molecule has 0 saturated carbocycles. The first-order chi connectivity index (χ1) is 7.65. The lowest BCUT2D eigenvalue weighted by atomic mass is 9.96. The zero-order valence-electron chi connectivity index (χ0n) is 8.89. The topological polar surface area (TPSA) is 69.6 Å². The van der Waals surface area contributed by atoms with Crippen molar-refractivity contribution in [2.45, 2.75) is 18.9 Å². The van der Waals surface area contributed by atoms with Gasteiger partial charge < -0.3 is 15.5 Å². The van der Waals surface area contributed by atoms with Gasteiger partial charge in [0, 0.05) is 0 Å². The van der Waals surface area contributed by atoms with Crippen molar-refractivity contribution in [2.75, 3.05) is 6.54 Å². The van der Waals surface area contributed by atoms with Gasteiger partial charge in [-0.15, -0.1) is 0 Å². The second kappa shape index (κ2) is 4.53. The number of phenols is 1. The third-order valence-electron chi connectivity index (χ3n) is 2.95. The van der Waals surface area contributed by atoms with Crippen molar-refractivity contribution in [1.82, 2.24) is 5.32 Å². The summed E-state index contributed by atoms with van der Waals surface area (Å²) in [6, 6.07) is 6.71. The van der Waals surface area contributed by atoms with Gasteiger partial charge in [0.1, 0.15) is 11.8 Å². The molecule has 4 nitrogen and oxygen atoms in total. The Morgan fingerprint density at radius 2 is 2.31 bits per heavy atom. The molecular weight excluding hydrogens is 206 g/mol. The van der Waals surface area contributed by atoms with Crippen LogP contribution in [0.5, 0.6) is 5.75 Å². The molecule has 0 aromatic heterocycles. The average Bonchev–Trinajstić information content (AvgIpc) is 2.66. The minimum atomic E-state index is -0.779. The van der Waals surface area contributed by atoms with Gasteiger partial charge in [-0.05, 0) is 43.0 Å². The Kier molecular flexibility index (Phi) is 3.10. The van der Waals surface area contributed by atoms with Gasteiger partial charge in [0.2, 0.25) is 0 Å². The van der Waals surface area contributed by atoms with E-state index in [9.17, 15) is 9.90 Å². The SMILES string of the molecule is O=C(O)C1CC(Cc2cccc(O)c2)CN1. The summed E-state index contributed by atoms with van der Waals surface area (Å²) >= 11 is 0. The fourth-order valence-corrected chi connectivity index (χ4v) is 2.17. The first kappa shape index (κ1) is 11.0. The number of aliphatic carboxylic acids is 1. The van der Waals surface area contributed by atoms with Gasteiger partial charge in [-0.25, -0.2) is 0 Å². The molecular formula is C12H15NO3. The first-order valence-electron chi connectivity index (χ1n) is 5.39. The molecule has 0 bridgehead atoms. The summed E-state index contributed by atoms with van der Waals surface area (Å²) in [6.45, 7) is 0.729. The minimum Gasteiger partial charge on any atom is -0.508 e. The highest BCUT2D eigenvalue weighted by molar-refractivity contribution is 5.73. The van der Waals surface area contributed by atoms with Crippen LogP contribution in [0.3, 0.4) is 0 Å². The molecule has 3 N–H and O–H groups in total. The monoisotopic (exact) mass is 221 g/mol. The predicted molar refractivity (Wildman–Crippen MR) is 59.3 cm³/mol. The molecule has 4 heteroatoms. The molecule has 16 heavy (non-hydrogen) atoms. The van der Waals surface area contributed by atoms with Crippen LogP contribution in [0, 0.1) is 5.92 Å². The molecule has 2 unspecified atom stereocenters. The number of hydrogen-bond acceptors (Lipinski definition) is 3. The summed E-state index contributed by atoms with van der Waals surface area (Å²) in [6.07, 6.45) is 1.47. The molecule has 1 heterocycles. The maximum absolute atomic E-state index is 10.8. The van der Waals surface area contributed by atoms with E-state index in [0.29, 0.717) is 12.3 Å². The lowest BCUT2D eigenvalue weighted by Gasteiger charge is -2.08. The van der Waals surface area contributed by atoms with Crippen LogP contribution >= 0.6 is 0 Å². The number of rotatable bonds is 3. The summed E-state index contributed by atoms with van der Waals surface area (Å²) in [5.74, 6) is -0.181. The number of aromatic hydroxyl groups is 1. The number of hydrogen-bond donors (Lipinski definition) is 3. The minimum absolute atomic E-state index is 0.262. The molecule has 1 fully saturated rings. The van der Waals surface area contributed by atoms with Gasteiger partial charge in [-0.3, -0.25) is 4.79 Å². The van der Waals surface area contributed by atoms with Crippen LogP contribution in [0.4, 0.5) is 0 Å². The van der Waals surface area contributed by atoms with E-state index in [1.165, 1.54) is 0 Å². The predicted octanol–water partition coefficient (Wildman–Crippen LogP) is 0.997. The first-order valence-corrected chi connectivity index (χ1v) is 5.39. The van der Waals surface area contributed by atoms with Gasteiger partial charge in [-0.2, -0.15) is 0 Å². The Labute approximate surface area is 93.9 Å². The molecule has 1 aromatic rings. The average molecular weight is 221 g/mol. The van der Waals surface area contributed by atoms with E-state index in [1.54, 1.807) is 12.1 Å². The van der Waals surface area contributed by atoms with Crippen LogP contribution in [0.25, 0.3) is 0 Å². The van der Waals surface area contributed by atoms with E-state index >= 15 is 0 Å². The number of carbonyl (C=O) groups is 1. The summed E-state index contributed by atoms with van der Waals surface area (Å²) in [7, 11) is 0. The Morgan fingerprint density at radius 3 is 2.94 bits per heavy atom. The zero-order valence-corrected chi connectivity index (χ0v) is 8.89. The Bertz CT molecular complexity index is 392. The standard InChI is InChI=1S/C12H15NO3/c14-10-3-1-2-8(5-10)4-9-6-11(12(15)16)13-7-9/h1-3,5,9,11,13-14H,4,6-7H2,(H,15,16). The number of nitrogens with one attached hydrogen (secondary N) is 1. The largest absolute Gasteiger partial charge is 0.508 e. The quantitative estimate of drug-likeness (QED) is 0.712. The number of carboxylic acids is 1. The molecule has 0 radical (unpaired) electrons. The second-order valence-corrected chi connectivity index (χ2v) is 4.27. The summed E-state index contributed by atoms with van der Waals surface area (Å²) in [5, 5.41) is 21.1. The van der Waals surface area contributed by atoms with Gasteiger partial charge in [0.15, 0.2) is 0 Å². The van der Waals surface area contributed by atoms with Gasteiger partial charge in [-0.1, -0.05) is 12.1 Å². The van der Waals surface area contributed by atoms with Gasteiger partial charge in [0.05, 0.1) is 0 Å². The fourth-order valence-electron chi connectivity index (χ4n) is 2.17. The van der Waals surface area contributed by atoms with E-state index in [-0.39, 0.29) is 5.75 Å². The third kappa shape index (κ3) is 2.52. The van der Waals surface area contributed by atoms with Crippen LogP contribution in [0.2, 0.25) is 0 Å². The molecule has 1 aliphatic rings. The second-order valence-electron chi connectivity index (χ2n) is 4.27. The van der Waals surface area contributed by atoms with E-state index in [4.69, 9.17) is 5.11 Å².